The van der Waals surface area contributed by atoms with Crippen molar-refractivity contribution in [3.05, 3.63) is 69.8 Å². The SMILES string of the molecule is CN1C(=O)N(c2ccccc2Cl)C(=O)C1=C(C(N)=O)c1ccccc1Cl. The summed E-state index contributed by atoms with van der Waals surface area (Å²) < 4.78 is 0. The number of urea groups is 1. The number of rotatable bonds is 3. The second-order valence-corrected chi connectivity index (χ2v) is 6.32. The predicted molar refractivity (Wildman–Crippen MR) is 99.7 cm³/mol. The lowest BCUT2D eigenvalue weighted by atomic mass is 10.0. The van der Waals surface area contributed by atoms with Crippen LogP contribution in [0.15, 0.2) is 54.2 Å². The fourth-order valence-corrected chi connectivity index (χ4v) is 3.19. The summed E-state index contributed by atoms with van der Waals surface area (Å²) >= 11 is 12.3. The van der Waals surface area contributed by atoms with Crippen molar-refractivity contribution in [2.45, 2.75) is 0 Å². The number of primary amides is 1. The Labute approximate surface area is 159 Å². The first-order chi connectivity index (χ1) is 12.3. The minimum atomic E-state index is -0.873. The smallest absolute Gasteiger partial charge is 0.336 e. The van der Waals surface area contributed by atoms with Gasteiger partial charge in [-0.1, -0.05) is 53.5 Å². The summed E-state index contributed by atoms with van der Waals surface area (Å²) in [5.74, 6) is -1.58. The summed E-state index contributed by atoms with van der Waals surface area (Å²) in [5.41, 5.74) is 5.71. The van der Waals surface area contributed by atoms with Crippen molar-refractivity contribution in [3.63, 3.8) is 0 Å². The van der Waals surface area contributed by atoms with E-state index in [2.05, 4.69) is 0 Å². The van der Waals surface area contributed by atoms with Gasteiger partial charge in [0.2, 0.25) is 0 Å². The molecule has 0 aliphatic carbocycles. The predicted octanol–water partition coefficient (Wildman–Crippen LogP) is 3.29. The van der Waals surface area contributed by atoms with Gasteiger partial charge in [0, 0.05) is 17.6 Å². The van der Waals surface area contributed by atoms with Gasteiger partial charge in [-0.2, -0.15) is 0 Å². The molecule has 132 valence electrons. The van der Waals surface area contributed by atoms with Gasteiger partial charge in [0.25, 0.3) is 11.8 Å². The molecule has 1 heterocycles. The third-order valence-electron chi connectivity index (χ3n) is 3.94. The molecule has 0 spiro atoms. The Hall–Kier alpha value is -2.83. The van der Waals surface area contributed by atoms with Crippen molar-refractivity contribution in [1.29, 1.82) is 0 Å². The van der Waals surface area contributed by atoms with Crippen LogP contribution < -0.4 is 10.6 Å². The number of hydrogen-bond donors (Lipinski definition) is 1. The summed E-state index contributed by atoms with van der Waals surface area (Å²) in [4.78, 5) is 39.8. The highest BCUT2D eigenvalue weighted by Gasteiger charge is 2.43. The molecule has 0 saturated carbocycles. The maximum absolute atomic E-state index is 13.0. The molecule has 1 aliphatic rings. The summed E-state index contributed by atoms with van der Waals surface area (Å²) in [6.45, 7) is 0. The Bertz CT molecular complexity index is 972. The highest BCUT2D eigenvalue weighted by atomic mass is 35.5. The van der Waals surface area contributed by atoms with Crippen LogP contribution in [0.1, 0.15) is 5.56 Å². The second kappa shape index (κ2) is 6.82. The lowest BCUT2D eigenvalue weighted by molar-refractivity contribution is -0.115. The first-order valence-corrected chi connectivity index (χ1v) is 8.25. The van der Waals surface area contributed by atoms with Crippen molar-refractivity contribution in [2.24, 2.45) is 5.73 Å². The summed E-state index contributed by atoms with van der Waals surface area (Å²) in [6.07, 6.45) is 0. The van der Waals surface area contributed by atoms with Crippen LogP contribution in [-0.2, 0) is 9.59 Å². The molecule has 0 bridgehead atoms. The van der Waals surface area contributed by atoms with Crippen molar-refractivity contribution in [3.8, 4) is 0 Å². The Morgan fingerprint density at radius 2 is 1.54 bits per heavy atom. The average molecular weight is 390 g/mol. The molecule has 4 amide bonds. The van der Waals surface area contributed by atoms with Gasteiger partial charge < -0.3 is 5.73 Å². The number of halogens is 2. The third kappa shape index (κ3) is 2.83. The number of anilines is 1. The molecule has 1 fully saturated rings. The number of likely N-dealkylation sites (N-methyl/N-ethyl adjacent to an activating group) is 1. The number of hydrogen-bond acceptors (Lipinski definition) is 3. The van der Waals surface area contributed by atoms with Gasteiger partial charge in [0.05, 0.1) is 16.3 Å². The zero-order chi connectivity index (χ0) is 19.0. The molecule has 6 nitrogen and oxygen atoms in total. The normalized spacial score (nSPS) is 16.3. The first kappa shape index (κ1) is 18.0. The van der Waals surface area contributed by atoms with Crippen LogP contribution in [0.4, 0.5) is 10.5 Å². The van der Waals surface area contributed by atoms with E-state index in [1.165, 1.54) is 13.1 Å². The minimum Gasteiger partial charge on any atom is -0.366 e. The molecule has 1 aliphatic heterocycles. The number of nitrogens with zero attached hydrogens (tertiary/aromatic N) is 2. The molecule has 1 saturated heterocycles. The highest BCUT2D eigenvalue weighted by molar-refractivity contribution is 6.40. The van der Waals surface area contributed by atoms with E-state index in [0.717, 1.165) is 9.80 Å². The molecule has 2 aromatic carbocycles. The van der Waals surface area contributed by atoms with E-state index in [4.69, 9.17) is 28.9 Å². The molecule has 0 unspecified atom stereocenters. The molecule has 3 rings (SSSR count). The lowest BCUT2D eigenvalue weighted by Crippen LogP contribution is -2.31. The van der Waals surface area contributed by atoms with E-state index < -0.39 is 17.8 Å². The van der Waals surface area contributed by atoms with Crippen molar-refractivity contribution in [1.82, 2.24) is 4.90 Å². The average Bonchev–Trinajstić information content (AvgIpc) is 2.81. The molecular weight excluding hydrogens is 377 g/mol. The summed E-state index contributed by atoms with van der Waals surface area (Å²) in [7, 11) is 1.38. The number of imide groups is 1. The van der Waals surface area contributed by atoms with E-state index in [1.54, 1.807) is 42.5 Å². The van der Waals surface area contributed by atoms with E-state index in [0.29, 0.717) is 0 Å². The first-order valence-electron chi connectivity index (χ1n) is 7.50. The number of nitrogens with two attached hydrogens (primary N) is 1. The number of benzene rings is 2. The van der Waals surface area contributed by atoms with Crippen LogP contribution >= 0.6 is 23.2 Å². The monoisotopic (exact) mass is 389 g/mol. The number of amides is 4. The maximum atomic E-state index is 13.0. The second-order valence-electron chi connectivity index (χ2n) is 5.50. The molecule has 2 aromatic rings. The number of para-hydroxylation sites is 1. The zero-order valence-electron chi connectivity index (χ0n) is 13.6. The third-order valence-corrected chi connectivity index (χ3v) is 4.59. The molecule has 0 aromatic heterocycles. The summed E-state index contributed by atoms with van der Waals surface area (Å²) in [6, 6.07) is 12.2. The van der Waals surface area contributed by atoms with Crippen LogP contribution in [0.5, 0.6) is 0 Å². The van der Waals surface area contributed by atoms with E-state index in [9.17, 15) is 14.4 Å². The fraction of sp³-hybridized carbons (Fsp3) is 0.0556. The Morgan fingerprint density at radius 1 is 0.962 bits per heavy atom. The van der Waals surface area contributed by atoms with Crippen LogP contribution in [0, 0.1) is 0 Å². The Balaban J connectivity index is 2.24. The summed E-state index contributed by atoms with van der Waals surface area (Å²) in [5, 5.41) is 0.459. The van der Waals surface area contributed by atoms with Gasteiger partial charge in [-0.25, -0.2) is 9.69 Å². The van der Waals surface area contributed by atoms with E-state index >= 15 is 0 Å². The molecule has 2 N–H and O–H groups in total. The van der Waals surface area contributed by atoms with Crippen molar-refractivity contribution >= 4 is 52.3 Å². The lowest BCUT2D eigenvalue weighted by Gasteiger charge is -2.14. The topological polar surface area (TPSA) is 83.7 Å². The largest absolute Gasteiger partial charge is 0.366 e. The quantitative estimate of drug-likeness (QED) is 0.645. The van der Waals surface area contributed by atoms with Gasteiger partial charge in [0.1, 0.15) is 5.70 Å². The van der Waals surface area contributed by atoms with Crippen molar-refractivity contribution in [2.75, 3.05) is 11.9 Å². The standard InChI is InChI=1S/C18H13Cl2N3O3/c1-22-15(14(16(21)24)10-6-2-3-7-11(10)19)17(25)23(18(22)26)13-9-5-4-8-12(13)20/h2-9H,1H3,(H2,21,24). The fourth-order valence-electron chi connectivity index (χ4n) is 2.74. The molecule has 26 heavy (non-hydrogen) atoms. The van der Waals surface area contributed by atoms with Crippen LogP contribution in [0.3, 0.4) is 0 Å². The van der Waals surface area contributed by atoms with Crippen molar-refractivity contribution < 1.29 is 14.4 Å². The molecule has 0 radical (unpaired) electrons. The molecule has 0 atom stereocenters. The van der Waals surface area contributed by atoms with Gasteiger partial charge >= 0.3 is 6.03 Å². The van der Waals surface area contributed by atoms with Crippen LogP contribution in [-0.4, -0.2) is 29.8 Å². The maximum Gasteiger partial charge on any atom is 0.336 e. The van der Waals surface area contributed by atoms with Gasteiger partial charge in [-0.3, -0.25) is 14.5 Å². The number of carbonyl (C=O) groups excluding carboxylic acids is 3. The molecular formula is C18H13Cl2N3O3. The zero-order valence-corrected chi connectivity index (χ0v) is 15.1. The Kier molecular flexibility index (Phi) is 4.71. The minimum absolute atomic E-state index is 0.133. The van der Waals surface area contributed by atoms with Crippen LogP contribution in [0.2, 0.25) is 10.0 Å². The van der Waals surface area contributed by atoms with E-state index in [1.807, 2.05) is 0 Å². The van der Waals surface area contributed by atoms with Gasteiger partial charge in [-0.15, -0.1) is 0 Å². The van der Waals surface area contributed by atoms with Crippen LogP contribution in [0.25, 0.3) is 5.57 Å². The number of carbonyl (C=O) groups is 3. The Morgan fingerprint density at radius 3 is 2.12 bits per heavy atom. The van der Waals surface area contributed by atoms with E-state index in [-0.39, 0.29) is 32.6 Å². The highest BCUT2D eigenvalue weighted by Crippen LogP contribution is 2.36. The van der Waals surface area contributed by atoms with Gasteiger partial charge in [-0.05, 0) is 18.2 Å². The molecule has 8 heteroatoms. The van der Waals surface area contributed by atoms with Gasteiger partial charge in [0.15, 0.2) is 0 Å².